The quantitative estimate of drug-likeness (QED) is 0.280. The Balaban J connectivity index is 1.94. The van der Waals surface area contributed by atoms with Gasteiger partial charge >= 0.3 is 0 Å². The number of fused-ring (bicyclic) bond motifs is 1. The first-order valence-electron chi connectivity index (χ1n) is 11.8. The van der Waals surface area contributed by atoms with E-state index in [-0.39, 0.29) is 22.8 Å². The molecule has 2 aromatic heterocycles. The van der Waals surface area contributed by atoms with Gasteiger partial charge in [-0.05, 0) is 66.3 Å². The van der Waals surface area contributed by atoms with Crippen LogP contribution in [0.2, 0.25) is 0 Å². The summed E-state index contributed by atoms with van der Waals surface area (Å²) in [5.41, 5.74) is 14.8. The molecule has 1 unspecified atom stereocenters. The van der Waals surface area contributed by atoms with Gasteiger partial charge < -0.3 is 21.5 Å². The highest BCUT2D eigenvalue weighted by Crippen LogP contribution is 2.36. The summed E-state index contributed by atoms with van der Waals surface area (Å²) in [6, 6.07) is 13.5. The Bertz CT molecular complexity index is 1520. The number of hydrogen-bond acceptors (Lipinski definition) is 8. The Hall–Kier alpha value is -4.35. The maximum atomic E-state index is 14.2. The number of rotatable bonds is 9. The predicted octanol–water partition coefficient (Wildman–Crippen LogP) is 3.14. The summed E-state index contributed by atoms with van der Waals surface area (Å²) < 4.78 is 9.10. The highest BCUT2D eigenvalue weighted by molar-refractivity contribution is 7.09. The molecule has 0 radical (unpaired) electrons. The number of anilines is 2. The molecule has 38 heavy (non-hydrogen) atoms. The lowest BCUT2D eigenvalue weighted by atomic mass is 9.98. The zero-order valence-electron chi connectivity index (χ0n) is 21.2. The van der Waals surface area contributed by atoms with Gasteiger partial charge in [0.1, 0.15) is 10.9 Å². The number of aryl methyl sites for hydroxylation is 1. The second kappa shape index (κ2) is 11.4. The van der Waals surface area contributed by atoms with Crippen LogP contribution in [0.25, 0.3) is 10.9 Å². The number of carbonyl (C=O) groups is 3. The Morgan fingerprint density at radius 1 is 1.13 bits per heavy atom. The van der Waals surface area contributed by atoms with Crippen LogP contribution < -0.4 is 21.7 Å². The van der Waals surface area contributed by atoms with Crippen LogP contribution in [0.15, 0.2) is 54.7 Å². The molecule has 0 saturated carbocycles. The van der Waals surface area contributed by atoms with Crippen molar-refractivity contribution in [1.29, 1.82) is 0 Å². The summed E-state index contributed by atoms with van der Waals surface area (Å²) in [5.74, 6) is -1.84. The third-order valence-electron chi connectivity index (χ3n) is 6.26. The van der Waals surface area contributed by atoms with Gasteiger partial charge in [-0.1, -0.05) is 24.3 Å². The van der Waals surface area contributed by atoms with E-state index in [0.29, 0.717) is 17.9 Å². The monoisotopic (exact) mass is 532 g/mol. The van der Waals surface area contributed by atoms with Crippen molar-refractivity contribution in [3.63, 3.8) is 0 Å². The van der Waals surface area contributed by atoms with Crippen molar-refractivity contribution in [3.05, 3.63) is 82.0 Å². The number of nitrogen functional groups attached to an aromatic ring is 1. The fourth-order valence-corrected chi connectivity index (χ4v) is 4.90. The average molecular weight is 533 g/mol. The number of carbonyl (C=O) groups excluding carboxylic acids is 3. The molecule has 0 spiro atoms. The molecule has 4 rings (SSSR count). The zero-order chi connectivity index (χ0) is 27.4. The first-order chi connectivity index (χ1) is 18.2. The van der Waals surface area contributed by atoms with E-state index >= 15 is 0 Å². The molecule has 0 aliphatic carbocycles. The minimum absolute atomic E-state index is 0.0110. The van der Waals surface area contributed by atoms with Crippen molar-refractivity contribution < 1.29 is 19.1 Å². The Morgan fingerprint density at radius 3 is 2.63 bits per heavy atom. The van der Waals surface area contributed by atoms with Crippen LogP contribution in [-0.2, 0) is 9.53 Å². The Morgan fingerprint density at radius 2 is 1.92 bits per heavy atom. The normalized spacial score (nSPS) is 11.8. The first kappa shape index (κ1) is 26.7. The number of nitrogens with zero attached hydrogens (tertiary/aromatic N) is 3. The fraction of sp³-hybridized carbons (Fsp3) is 0.222. The number of nitrogens with two attached hydrogens (primary N) is 2. The van der Waals surface area contributed by atoms with Gasteiger partial charge in [-0.3, -0.25) is 24.3 Å². The van der Waals surface area contributed by atoms with Gasteiger partial charge in [0.25, 0.3) is 11.8 Å². The molecule has 2 aromatic carbocycles. The Kier molecular flexibility index (Phi) is 7.99. The zero-order valence-corrected chi connectivity index (χ0v) is 22.0. The second-order valence-electron chi connectivity index (χ2n) is 8.67. The van der Waals surface area contributed by atoms with E-state index in [1.165, 1.54) is 12.0 Å². The summed E-state index contributed by atoms with van der Waals surface area (Å²) in [7, 11) is 1.54. The van der Waals surface area contributed by atoms with Crippen molar-refractivity contribution in [1.82, 2.24) is 14.7 Å². The fourth-order valence-electron chi connectivity index (χ4n) is 4.16. The van der Waals surface area contributed by atoms with E-state index in [0.717, 1.165) is 33.6 Å². The topological polar surface area (TPSA) is 154 Å². The highest BCUT2D eigenvalue weighted by Gasteiger charge is 2.36. The van der Waals surface area contributed by atoms with Crippen molar-refractivity contribution in [2.24, 2.45) is 5.73 Å². The number of pyridine rings is 1. The van der Waals surface area contributed by atoms with Gasteiger partial charge in [0, 0.05) is 30.9 Å². The van der Waals surface area contributed by atoms with Crippen molar-refractivity contribution >= 4 is 51.5 Å². The number of benzene rings is 2. The third kappa shape index (κ3) is 5.20. The van der Waals surface area contributed by atoms with Crippen molar-refractivity contribution in [2.75, 3.05) is 30.9 Å². The molecule has 0 saturated heterocycles. The van der Waals surface area contributed by atoms with Crippen LogP contribution in [0.5, 0.6) is 0 Å². The van der Waals surface area contributed by atoms with Crippen molar-refractivity contribution in [3.8, 4) is 0 Å². The molecule has 5 N–H and O–H groups in total. The molecule has 0 aliphatic heterocycles. The van der Waals surface area contributed by atoms with Gasteiger partial charge in [-0.15, -0.1) is 0 Å². The lowest BCUT2D eigenvalue weighted by Gasteiger charge is -2.33. The smallest absolute Gasteiger partial charge is 0.273 e. The number of aromatic nitrogens is 2. The number of methoxy groups -OCH3 is 1. The summed E-state index contributed by atoms with van der Waals surface area (Å²) in [6.45, 7) is 4.33. The minimum atomic E-state index is -1.09. The van der Waals surface area contributed by atoms with Crippen molar-refractivity contribution in [2.45, 2.75) is 19.9 Å². The van der Waals surface area contributed by atoms with Gasteiger partial charge in [0.05, 0.1) is 17.8 Å². The van der Waals surface area contributed by atoms with E-state index in [2.05, 4.69) is 14.7 Å². The van der Waals surface area contributed by atoms with E-state index in [1.54, 1.807) is 30.5 Å². The predicted molar refractivity (Wildman–Crippen MR) is 147 cm³/mol. The lowest BCUT2D eigenvalue weighted by molar-refractivity contribution is -0.122. The molecular weight excluding hydrogens is 504 g/mol. The molecule has 11 heteroatoms. The molecule has 2 heterocycles. The molecule has 3 amide bonds. The van der Waals surface area contributed by atoms with Crippen LogP contribution in [0, 0.1) is 13.8 Å². The number of primary amides is 1. The average Bonchev–Trinajstić information content (AvgIpc) is 3.30. The maximum Gasteiger partial charge on any atom is 0.273 e. The van der Waals surface area contributed by atoms with Crippen LogP contribution >= 0.6 is 11.5 Å². The molecular formula is C27H28N6O4S. The number of hydrogen-bond donors (Lipinski definition) is 3. The number of ether oxygens (including phenoxy) is 1. The molecule has 10 nitrogen and oxygen atoms in total. The molecule has 0 aliphatic rings. The lowest BCUT2D eigenvalue weighted by Crippen LogP contribution is -2.45. The number of amides is 3. The van der Waals surface area contributed by atoms with Crippen LogP contribution in [0.4, 0.5) is 11.4 Å². The van der Waals surface area contributed by atoms with Crippen LogP contribution in [-0.4, -0.2) is 47.3 Å². The molecule has 0 fully saturated rings. The van der Waals surface area contributed by atoms with Crippen LogP contribution in [0.3, 0.4) is 0 Å². The summed E-state index contributed by atoms with van der Waals surface area (Å²) in [6.07, 6.45) is 1.69. The van der Waals surface area contributed by atoms with Gasteiger partial charge in [0.15, 0.2) is 5.69 Å². The van der Waals surface area contributed by atoms with Gasteiger partial charge in [0.2, 0.25) is 5.91 Å². The summed E-state index contributed by atoms with van der Waals surface area (Å²) in [4.78, 5) is 45.6. The third-order valence-corrected chi connectivity index (χ3v) is 7.12. The standard InChI is InChI=1S/C27H28N6O4S/c1-15-6-4-8-20(16(15)2)33(27(36)24-21(28)22(25(29)34)32-38-24)23(26(35)31-12-13-37-3)18-9-10-19-17(14-18)7-5-11-30-19/h4-11,14,23H,12-13,28H2,1-3H3,(H2,29,34)(H,31,35). The van der Waals surface area contributed by atoms with E-state index < -0.39 is 23.8 Å². The van der Waals surface area contributed by atoms with Gasteiger partial charge in [-0.25, -0.2) is 0 Å². The largest absolute Gasteiger partial charge is 0.395 e. The summed E-state index contributed by atoms with van der Waals surface area (Å²) in [5, 5.41) is 3.67. The maximum absolute atomic E-state index is 14.2. The molecule has 0 bridgehead atoms. The van der Waals surface area contributed by atoms with E-state index in [4.69, 9.17) is 16.2 Å². The van der Waals surface area contributed by atoms with E-state index in [1.807, 2.05) is 38.1 Å². The minimum Gasteiger partial charge on any atom is -0.395 e. The molecule has 4 aromatic rings. The molecule has 1 atom stereocenters. The summed E-state index contributed by atoms with van der Waals surface area (Å²) >= 11 is 0.765. The van der Waals surface area contributed by atoms with Crippen LogP contribution in [0.1, 0.15) is 42.9 Å². The van der Waals surface area contributed by atoms with E-state index in [9.17, 15) is 14.4 Å². The second-order valence-corrected chi connectivity index (χ2v) is 9.45. The number of nitrogens with one attached hydrogen (secondary N) is 1. The SMILES string of the molecule is COCCNC(=O)C(c1ccc2ncccc2c1)N(C(=O)c1snc(C(N)=O)c1N)c1cccc(C)c1C. The molecule has 196 valence electrons. The first-order valence-corrected chi connectivity index (χ1v) is 12.6. The highest BCUT2D eigenvalue weighted by atomic mass is 32.1. The van der Waals surface area contributed by atoms with Gasteiger partial charge in [-0.2, -0.15) is 4.37 Å². The Labute approximate surface area is 223 Å².